The van der Waals surface area contributed by atoms with E-state index in [9.17, 15) is 0 Å². The lowest BCUT2D eigenvalue weighted by molar-refractivity contribution is 0.578. The van der Waals surface area contributed by atoms with Crippen LogP contribution in [-0.4, -0.2) is 33.3 Å². The van der Waals surface area contributed by atoms with Crippen LogP contribution in [0.3, 0.4) is 0 Å². The maximum absolute atomic E-state index is 4.47. The summed E-state index contributed by atoms with van der Waals surface area (Å²) in [5.74, 6) is 1.15. The van der Waals surface area contributed by atoms with E-state index >= 15 is 0 Å². The fraction of sp³-hybridized carbons (Fsp3) is 0.300. The molecule has 3 heterocycles. The SMILES string of the molecule is c1cc(CNc2cnnc(Nc3ccc(N4CCCCC4)cc3)n2)ccn1. The van der Waals surface area contributed by atoms with Crippen molar-refractivity contribution in [3.8, 4) is 0 Å². The summed E-state index contributed by atoms with van der Waals surface area (Å²) in [6.45, 7) is 2.95. The summed E-state index contributed by atoms with van der Waals surface area (Å²) in [5.41, 5.74) is 3.35. The molecule has 27 heavy (non-hydrogen) atoms. The number of nitrogens with one attached hydrogen (secondary N) is 2. The van der Waals surface area contributed by atoms with Crippen molar-refractivity contribution >= 4 is 23.1 Å². The Labute approximate surface area is 158 Å². The number of anilines is 4. The van der Waals surface area contributed by atoms with Crippen LogP contribution in [-0.2, 0) is 6.54 Å². The largest absolute Gasteiger partial charge is 0.372 e. The molecule has 138 valence electrons. The van der Waals surface area contributed by atoms with Gasteiger partial charge in [-0.25, -0.2) is 0 Å². The Kier molecular flexibility index (Phi) is 5.38. The van der Waals surface area contributed by atoms with Crippen LogP contribution in [0.1, 0.15) is 24.8 Å². The van der Waals surface area contributed by atoms with E-state index < -0.39 is 0 Å². The van der Waals surface area contributed by atoms with E-state index in [-0.39, 0.29) is 0 Å². The zero-order valence-electron chi connectivity index (χ0n) is 15.2. The molecule has 3 aromatic rings. The number of aromatic nitrogens is 4. The molecular weight excluding hydrogens is 338 g/mol. The fourth-order valence-corrected chi connectivity index (χ4v) is 3.17. The first-order chi connectivity index (χ1) is 13.4. The Morgan fingerprint density at radius 2 is 1.70 bits per heavy atom. The van der Waals surface area contributed by atoms with Crippen LogP contribution in [0.5, 0.6) is 0 Å². The number of benzene rings is 1. The van der Waals surface area contributed by atoms with Gasteiger partial charge in [0, 0.05) is 43.4 Å². The van der Waals surface area contributed by atoms with Crippen molar-refractivity contribution in [2.45, 2.75) is 25.8 Å². The number of nitrogens with zero attached hydrogens (tertiary/aromatic N) is 5. The minimum atomic E-state index is 0.473. The van der Waals surface area contributed by atoms with E-state index in [1.54, 1.807) is 18.6 Å². The smallest absolute Gasteiger partial charge is 0.249 e. The first-order valence-corrected chi connectivity index (χ1v) is 9.31. The zero-order valence-corrected chi connectivity index (χ0v) is 15.2. The third-order valence-electron chi connectivity index (χ3n) is 4.63. The van der Waals surface area contributed by atoms with Gasteiger partial charge in [-0.2, -0.15) is 10.1 Å². The van der Waals surface area contributed by atoms with Crippen LogP contribution >= 0.6 is 0 Å². The molecule has 7 heteroatoms. The summed E-state index contributed by atoms with van der Waals surface area (Å²) in [7, 11) is 0. The average molecular weight is 361 g/mol. The van der Waals surface area contributed by atoms with Crippen LogP contribution in [0, 0.1) is 0 Å². The van der Waals surface area contributed by atoms with Gasteiger partial charge in [0.2, 0.25) is 5.95 Å². The Bertz CT molecular complexity index is 846. The third-order valence-corrected chi connectivity index (χ3v) is 4.63. The number of hydrogen-bond acceptors (Lipinski definition) is 7. The lowest BCUT2D eigenvalue weighted by Crippen LogP contribution is -2.29. The first-order valence-electron chi connectivity index (χ1n) is 9.31. The topological polar surface area (TPSA) is 78.9 Å². The highest BCUT2D eigenvalue weighted by Crippen LogP contribution is 2.23. The van der Waals surface area contributed by atoms with Gasteiger partial charge >= 0.3 is 0 Å². The van der Waals surface area contributed by atoms with Gasteiger partial charge in [0.1, 0.15) is 0 Å². The Morgan fingerprint density at radius 1 is 0.926 bits per heavy atom. The molecule has 1 fully saturated rings. The number of hydrogen-bond donors (Lipinski definition) is 2. The molecule has 0 amide bonds. The summed E-state index contributed by atoms with van der Waals surface area (Å²) < 4.78 is 0. The maximum atomic E-state index is 4.47. The molecular formula is C20H23N7. The van der Waals surface area contributed by atoms with Gasteiger partial charge in [0.05, 0.1) is 6.20 Å². The van der Waals surface area contributed by atoms with E-state index in [4.69, 9.17) is 0 Å². The molecule has 0 bridgehead atoms. The van der Waals surface area contributed by atoms with Crippen molar-refractivity contribution in [1.82, 2.24) is 20.2 Å². The molecule has 2 N–H and O–H groups in total. The fourth-order valence-electron chi connectivity index (χ4n) is 3.17. The van der Waals surface area contributed by atoms with Crippen molar-refractivity contribution in [3.05, 3.63) is 60.6 Å². The van der Waals surface area contributed by atoms with Crippen molar-refractivity contribution in [2.75, 3.05) is 28.6 Å². The Hall–Kier alpha value is -3.22. The molecule has 1 aliphatic rings. The average Bonchev–Trinajstić information content (AvgIpc) is 2.75. The number of piperidine rings is 1. The lowest BCUT2D eigenvalue weighted by atomic mass is 10.1. The van der Waals surface area contributed by atoms with Gasteiger partial charge in [-0.15, -0.1) is 5.10 Å². The van der Waals surface area contributed by atoms with Gasteiger partial charge in [0.25, 0.3) is 0 Å². The molecule has 0 aliphatic carbocycles. The molecule has 0 unspecified atom stereocenters. The van der Waals surface area contributed by atoms with Crippen LogP contribution < -0.4 is 15.5 Å². The van der Waals surface area contributed by atoms with E-state index in [0.717, 1.165) is 24.3 Å². The molecule has 1 aliphatic heterocycles. The molecule has 1 saturated heterocycles. The summed E-state index contributed by atoms with van der Waals surface area (Å²) >= 11 is 0. The first kappa shape index (κ1) is 17.2. The monoisotopic (exact) mass is 361 g/mol. The van der Waals surface area contributed by atoms with Gasteiger partial charge in [-0.1, -0.05) is 0 Å². The quantitative estimate of drug-likeness (QED) is 0.694. The van der Waals surface area contributed by atoms with Crippen LogP contribution in [0.2, 0.25) is 0 Å². The highest BCUT2D eigenvalue weighted by Gasteiger charge is 2.10. The lowest BCUT2D eigenvalue weighted by Gasteiger charge is -2.28. The predicted molar refractivity (Wildman–Crippen MR) is 107 cm³/mol. The minimum absolute atomic E-state index is 0.473. The van der Waals surface area contributed by atoms with E-state index in [1.165, 1.54) is 24.9 Å². The minimum Gasteiger partial charge on any atom is -0.372 e. The van der Waals surface area contributed by atoms with Gasteiger partial charge < -0.3 is 15.5 Å². The van der Waals surface area contributed by atoms with Crippen molar-refractivity contribution in [2.24, 2.45) is 0 Å². The molecule has 1 aromatic carbocycles. The number of pyridine rings is 1. The number of rotatable bonds is 6. The molecule has 0 radical (unpaired) electrons. The van der Waals surface area contributed by atoms with Crippen molar-refractivity contribution < 1.29 is 0 Å². The van der Waals surface area contributed by atoms with E-state index in [1.807, 2.05) is 12.1 Å². The summed E-state index contributed by atoms with van der Waals surface area (Å²) in [6, 6.07) is 12.3. The second-order valence-electron chi connectivity index (χ2n) is 6.59. The third kappa shape index (κ3) is 4.69. The molecule has 4 rings (SSSR count). The van der Waals surface area contributed by atoms with Gasteiger partial charge in [-0.3, -0.25) is 4.98 Å². The van der Waals surface area contributed by atoms with Gasteiger partial charge in [0.15, 0.2) is 5.82 Å². The zero-order chi connectivity index (χ0) is 18.3. The maximum Gasteiger partial charge on any atom is 0.249 e. The highest BCUT2D eigenvalue weighted by atomic mass is 15.3. The van der Waals surface area contributed by atoms with Crippen molar-refractivity contribution in [1.29, 1.82) is 0 Å². The molecule has 0 atom stereocenters. The molecule has 0 spiro atoms. The Morgan fingerprint density at radius 3 is 2.48 bits per heavy atom. The normalized spacial score (nSPS) is 14.0. The molecule has 2 aromatic heterocycles. The standard InChI is InChI=1S/C20H23N7/c1-2-12-27(13-3-1)18-6-4-17(5-7-18)24-20-25-19(15-23-26-20)22-14-16-8-10-21-11-9-16/h4-11,15H,1-3,12-14H2,(H2,22,24,25,26). The second-order valence-corrected chi connectivity index (χ2v) is 6.59. The second kappa shape index (κ2) is 8.44. The van der Waals surface area contributed by atoms with Crippen LogP contribution in [0.25, 0.3) is 0 Å². The highest BCUT2D eigenvalue weighted by molar-refractivity contribution is 5.59. The van der Waals surface area contributed by atoms with E-state index in [2.05, 4.69) is 60.0 Å². The van der Waals surface area contributed by atoms with Crippen LogP contribution in [0.15, 0.2) is 55.0 Å². The van der Waals surface area contributed by atoms with Crippen LogP contribution in [0.4, 0.5) is 23.1 Å². The Balaban J connectivity index is 1.37. The molecule has 0 saturated carbocycles. The molecule has 7 nitrogen and oxygen atoms in total. The summed E-state index contributed by atoms with van der Waals surface area (Å²) in [5, 5.41) is 14.6. The van der Waals surface area contributed by atoms with Crippen molar-refractivity contribution in [3.63, 3.8) is 0 Å². The summed E-state index contributed by atoms with van der Waals surface area (Å²) in [6.07, 6.45) is 9.06. The van der Waals surface area contributed by atoms with Gasteiger partial charge in [-0.05, 0) is 61.2 Å². The summed E-state index contributed by atoms with van der Waals surface area (Å²) in [4.78, 5) is 10.9. The predicted octanol–water partition coefficient (Wildman–Crippen LogP) is 3.61. The van der Waals surface area contributed by atoms with E-state index in [0.29, 0.717) is 18.3 Å².